The molecule has 2 fully saturated rings. The van der Waals surface area contributed by atoms with E-state index in [2.05, 4.69) is 24.0 Å². The Kier molecular flexibility index (Phi) is 5.92. The van der Waals surface area contributed by atoms with E-state index in [-0.39, 0.29) is 23.5 Å². The van der Waals surface area contributed by atoms with E-state index in [1.165, 1.54) is 9.75 Å². The van der Waals surface area contributed by atoms with Gasteiger partial charge in [0.15, 0.2) is 9.84 Å². The molecule has 2 saturated heterocycles. The van der Waals surface area contributed by atoms with E-state index >= 15 is 0 Å². The van der Waals surface area contributed by atoms with E-state index in [0.717, 1.165) is 24.3 Å². The fourth-order valence-electron chi connectivity index (χ4n) is 4.25. The first-order chi connectivity index (χ1) is 13.4. The maximum absolute atomic E-state index is 13.3. The SMILES string of the molecule is Cc1ccc(C2CCCN2CC(=O)N(Cc2cccs2)C2CCS(=O)(=O)C2)s1. The molecule has 0 spiro atoms. The summed E-state index contributed by atoms with van der Waals surface area (Å²) in [5.74, 6) is 0.334. The molecule has 4 rings (SSSR count). The monoisotopic (exact) mass is 438 g/mol. The Morgan fingerprint density at radius 2 is 2.14 bits per heavy atom. The van der Waals surface area contributed by atoms with Crippen molar-refractivity contribution >= 4 is 38.4 Å². The van der Waals surface area contributed by atoms with Gasteiger partial charge in [-0.1, -0.05) is 6.07 Å². The summed E-state index contributed by atoms with van der Waals surface area (Å²) in [6.07, 6.45) is 2.72. The summed E-state index contributed by atoms with van der Waals surface area (Å²) >= 11 is 3.42. The van der Waals surface area contributed by atoms with Crippen LogP contribution in [-0.4, -0.2) is 54.8 Å². The fourth-order valence-corrected chi connectivity index (χ4v) is 7.73. The van der Waals surface area contributed by atoms with Gasteiger partial charge in [0.25, 0.3) is 0 Å². The van der Waals surface area contributed by atoms with Crippen LogP contribution in [0.5, 0.6) is 0 Å². The smallest absolute Gasteiger partial charge is 0.237 e. The van der Waals surface area contributed by atoms with Crippen LogP contribution >= 0.6 is 22.7 Å². The standard InChI is InChI=1S/C20H26N2O3S3/c1-15-6-7-19(27-15)18-5-2-9-21(18)13-20(23)22(12-17-4-3-10-26-17)16-8-11-28(24,25)14-16/h3-4,6-7,10,16,18H,2,5,8-9,11-14H2,1H3. The third-order valence-corrected chi connectivity index (χ3v) is 9.38. The van der Waals surface area contributed by atoms with Gasteiger partial charge in [-0.05, 0) is 56.3 Å². The second-order valence-corrected chi connectivity index (χ2v) is 12.3. The maximum Gasteiger partial charge on any atom is 0.237 e. The van der Waals surface area contributed by atoms with Crippen LogP contribution in [0.3, 0.4) is 0 Å². The van der Waals surface area contributed by atoms with Gasteiger partial charge in [0.2, 0.25) is 5.91 Å². The molecule has 28 heavy (non-hydrogen) atoms. The Bertz CT molecular complexity index is 920. The van der Waals surface area contributed by atoms with E-state index in [9.17, 15) is 13.2 Å². The Balaban J connectivity index is 1.50. The van der Waals surface area contributed by atoms with Crippen LogP contribution in [0.25, 0.3) is 0 Å². The van der Waals surface area contributed by atoms with E-state index in [4.69, 9.17) is 0 Å². The maximum atomic E-state index is 13.3. The number of nitrogens with zero attached hydrogens (tertiary/aromatic N) is 2. The van der Waals surface area contributed by atoms with Gasteiger partial charge in [0, 0.05) is 26.7 Å². The molecule has 5 nitrogen and oxygen atoms in total. The van der Waals surface area contributed by atoms with Gasteiger partial charge < -0.3 is 4.90 Å². The van der Waals surface area contributed by atoms with Crippen molar-refractivity contribution in [2.45, 2.75) is 44.8 Å². The molecule has 152 valence electrons. The molecular weight excluding hydrogens is 412 g/mol. The first kappa shape index (κ1) is 20.1. The van der Waals surface area contributed by atoms with Crippen molar-refractivity contribution in [3.05, 3.63) is 44.3 Å². The number of aryl methyl sites for hydroxylation is 1. The number of carbonyl (C=O) groups is 1. The lowest BCUT2D eigenvalue weighted by molar-refractivity contribution is -0.135. The zero-order valence-corrected chi connectivity index (χ0v) is 18.5. The molecule has 8 heteroatoms. The first-order valence-corrected chi connectivity index (χ1v) is 13.3. The molecule has 2 aromatic rings. The minimum Gasteiger partial charge on any atom is -0.332 e. The van der Waals surface area contributed by atoms with Gasteiger partial charge >= 0.3 is 0 Å². The number of thiophene rings is 2. The fraction of sp³-hybridized carbons (Fsp3) is 0.550. The third kappa shape index (κ3) is 4.50. The quantitative estimate of drug-likeness (QED) is 0.693. The summed E-state index contributed by atoms with van der Waals surface area (Å²) in [5, 5.41) is 2.00. The third-order valence-electron chi connectivity index (χ3n) is 5.67. The predicted molar refractivity (Wildman–Crippen MR) is 115 cm³/mol. The van der Waals surface area contributed by atoms with Crippen LogP contribution in [0.15, 0.2) is 29.6 Å². The average molecular weight is 439 g/mol. The molecule has 2 atom stereocenters. The largest absolute Gasteiger partial charge is 0.332 e. The molecule has 0 saturated carbocycles. The first-order valence-electron chi connectivity index (χ1n) is 9.74. The molecule has 0 aromatic carbocycles. The molecule has 0 bridgehead atoms. The summed E-state index contributed by atoms with van der Waals surface area (Å²) in [6.45, 7) is 3.90. The lowest BCUT2D eigenvalue weighted by atomic mass is 10.1. The molecule has 2 aliphatic heterocycles. The Labute approximate surface area is 174 Å². The summed E-state index contributed by atoms with van der Waals surface area (Å²) in [4.78, 5) is 21.1. The highest BCUT2D eigenvalue weighted by Crippen LogP contribution is 2.36. The van der Waals surface area contributed by atoms with Gasteiger partial charge in [0.05, 0.1) is 24.6 Å². The van der Waals surface area contributed by atoms with Gasteiger partial charge in [-0.2, -0.15) is 0 Å². The lowest BCUT2D eigenvalue weighted by Crippen LogP contribution is -2.45. The minimum absolute atomic E-state index is 0.0516. The molecule has 1 amide bonds. The number of carbonyl (C=O) groups excluding carboxylic acids is 1. The van der Waals surface area contributed by atoms with E-state index in [1.807, 2.05) is 33.7 Å². The molecule has 2 unspecified atom stereocenters. The molecule has 0 radical (unpaired) electrons. The number of amides is 1. The number of rotatable bonds is 6. The summed E-state index contributed by atoms with van der Waals surface area (Å²) < 4.78 is 24.0. The number of likely N-dealkylation sites (tertiary alicyclic amines) is 1. The van der Waals surface area contributed by atoms with Crippen LogP contribution in [-0.2, 0) is 21.2 Å². The van der Waals surface area contributed by atoms with Gasteiger partial charge in [-0.3, -0.25) is 9.69 Å². The topological polar surface area (TPSA) is 57.7 Å². The summed E-state index contributed by atoms with van der Waals surface area (Å²) in [7, 11) is -3.03. The highest BCUT2D eigenvalue weighted by Gasteiger charge is 2.36. The molecule has 2 aromatic heterocycles. The van der Waals surface area contributed by atoms with Crippen LogP contribution in [0.2, 0.25) is 0 Å². The zero-order valence-electron chi connectivity index (χ0n) is 16.0. The average Bonchev–Trinajstić information content (AvgIpc) is 3.40. The van der Waals surface area contributed by atoms with Crippen molar-refractivity contribution in [1.82, 2.24) is 9.80 Å². The highest BCUT2D eigenvalue weighted by molar-refractivity contribution is 7.91. The highest BCUT2D eigenvalue weighted by atomic mass is 32.2. The van der Waals surface area contributed by atoms with Crippen LogP contribution in [0.4, 0.5) is 0 Å². The van der Waals surface area contributed by atoms with E-state index in [1.54, 1.807) is 11.3 Å². The van der Waals surface area contributed by atoms with Gasteiger partial charge in [0.1, 0.15) is 0 Å². The summed E-state index contributed by atoms with van der Waals surface area (Å²) in [6, 6.07) is 8.42. The van der Waals surface area contributed by atoms with Crippen LogP contribution in [0, 0.1) is 6.92 Å². The Morgan fingerprint density at radius 3 is 2.79 bits per heavy atom. The van der Waals surface area contributed by atoms with Gasteiger partial charge in [-0.15, -0.1) is 22.7 Å². The second kappa shape index (κ2) is 8.26. The number of hydrogen-bond acceptors (Lipinski definition) is 6. The molecule has 4 heterocycles. The Morgan fingerprint density at radius 1 is 1.29 bits per heavy atom. The van der Waals surface area contributed by atoms with Gasteiger partial charge in [-0.25, -0.2) is 8.42 Å². The van der Waals surface area contributed by atoms with Crippen molar-refractivity contribution < 1.29 is 13.2 Å². The molecule has 2 aliphatic rings. The second-order valence-electron chi connectivity index (χ2n) is 7.73. The van der Waals surface area contributed by atoms with Crippen molar-refractivity contribution in [2.75, 3.05) is 24.6 Å². The van der Waals surface area contributed by atoms with E-state index < -0.39 is 9.84 Å². The Hall–Kier alpha value is -1.22. The minimum atomic E-state index is -3.03. The van der Waals surface area contributed by atoms with Crippen molar-refractivity contribution in [1.29, 1.82) is 0 Å². The lowest BCUT2D eigenvalue weighted by Gasteiger charge is -2.31. The summed E-state index contributed by atoms with van der Waals surface area (Å²) in [5.41, 5.74) is 0. The predicted octanol–water partition coefficient (Wildman–Crippen LogP) is 3.47. The van der Waals surface area contributed by atoms with Crippen molar-refractivity contribution in [3.8, 4) is 0 Å². The number of sulfone groups is 1. The molecule has 0 aliphatic carbocycles. The van der Waals surface area contributed by atoms with Crippen molar-refractivity contribution in [2.24, 2.45) is 0 Å². The molecular formula is C20H26N2O3S3. The van der Waals surface area contributed by atoms with E-state index in [0.29, 0.717) is 25.6 Å². The zero-order chi connectivity index (χ0) is 19.7. The number of hydrogen-bond donors (Lipinski definition) is 0. The normalized spacial score (nSPS) is 24.6. The van der Waals surface area contributed by atoms with Crippen LogP contribution < -0.4 is 0 Å². The van der Waals surface area contributed by atoms with Crippen molar-refractivity contribution in [3.63, 3.8) is 0 Å². The molecule has 0 N–H and O–H groups in total. The van der Waals surface area contributed by atoms with Crippen LogP contribution in [0.1, 0.15) is 39.9 Å².